The summed E-state index contributed by atoms with van der Waals surface area (Å²) in [5, 5.41) is 12.1. The fourth-order valence-electron chi connectivity index (χ4n) is 6.22. The van der Waals surface area contributed by atoms with E-state index in [1.807, 2.05) is 79.1 Å². The maximum Gasteiger partial charge on any atom is 0.294 e. The lowest BCUT2D eigenvalue weighted by Crippen LogP contribution is -2.13. The van der Waals surface area contributed by atoms with E-state index in [9.17, 15) is 9.59 Å². The molecule has 0 spiro atoms. The lowest BCUT2D eigenvalue weighted by molar-refractivity contribution is 0.0969. The summed E-state index contributed by atoms with van der Waals surface area (Å²) < 4.78 is 13.6. The van der Waals surface area contributed by atoms with E-state index in [0.717, 1.165) is 27.8 Å². The Morgan fingerprint density at radius 3 is 1.53 bits per heavy atom. The number of nitrogens with two attached hydrogens (primary N) is 1. The summed E-state index contributed by atoms with van der Waals surface area (Å²) in [7, 11) is 0. The van der Waals surface area contributed by atoms with Crippen LogP contribution in [0.1, 0.15) is 51.7 Å². The van der Waals surface area contributed by atoms with Gasteiger partial charge in [0, 0.05) is 73.3 Å². The number of oxazole rings is 2. The second kappa shape index (κ2) is 19.0. The Bertz CT molecular complexity index is 3240. The molecule has 10 aromatic rings. The van der Waals surface area contributed by atoms with E-state index in [0.29, 0.717) is 62.9 Å². The largest absolute Gasteiger partial charge is 0.436 e. The molecule has 0 bridgehead atoms. The summed E-state index contributed by atoms with van der Waals surface area (Å²) in [6.07, 6.45) is 10.6. The number of benzene rings is 2. The standard InChI is InChI=1S/C22H17N7O2.C16H10ClN5.C6H8N2O2.CH4/c1-13-19(31-14(2)25-13)21(30)26-18-10-16(8-9-23-18)20-27-22-24-11-17(12-29(22)28-20)15-6-4-3-5-7-15;17-14-8-12(6-7-18-14)15-20-16-19-9-13(10-22(16)21-15)11-4-2-1-3-5-11;1-3-5(6(7)9)10-4(2)8-3;/h3-12H,1-2H3,(H,23,26,30);1-10H;1-2H3,(H2,7,9);1H4. The summed E-state index contributed by atoms with van der Waals surface area (Å²) >= 11 is 5.91. The van der Waals surface area contributed by atoms with Crippen molar-refractivity contribution in [1.29, 1.82) is 0 Å². The second-order valence-electron chi connectivity index (χ2n) is 13.7. The monoisotopic (exact) mass is 874 g/mol. The zero-order chi connectivity index (χ0) is 44.0. The van der Waals surface area contributed by atoms with Gasteiger partial charge in [-0.25, -0.2) is 38.9 Å². The minimum Gasteiger partial charge on any atom is -0.436 e. The minimum absolute atomic E-state index is 0. The molecular weight excluding hydrogens is 836 g/mol. The first kappa shape index (κ1) is 43.6. The first-order chi connectivity index (χ1) is 30.5. The quantitative estimate of drug-likeness (QED) is 0.144. The van der Waals surface area contributed by atoms with Crippen LogP contribution >= 0.6 is 11.6 Å². The van der Waals surface area contributed by atoms with Gasteiger partial charge in [-0.1, -0.05) is 79.7 Å². The van der Waals surface area contributed by atoms with E-state index in [-0.39, 0.29) is 18.9 Å². The van der Waals surface area contributed by atoms with E-state index >= 15 is 0 Å². The van der Waals surface area contributed by atoms with Gasteiger partial charge >= 0.3 is 0 Å². The Hall–Kier alpha value is -8.51. The number of rotatable bonds is 7. The molecule has 64 heavy (non-hydrogen) atoms. The predicted octanol–water partition coefficient (Wildman–Crippen LogP) is 8.24. The zero-order valence-electron chi connectivity index (χ0n) is 34.0. The average molecular weight is 875 g/mol. The van der Waals surface area contributed by atoms with Gasteiger partial charge in [-0.15, -0.1) is 10.2 Å². The van der Waals surface area contributed by atoms with E-state index in [1.54, 1.807) is 79.7 Å². The molecule has 320 valence electrons. The fraction of sp³-hybridized carbons (Fsp3) is 0.111. The number of amides is 2. The maximum absolute atomic E-state index is 12.5. The van der Waals surface area contributed by atoms with Gasteiger partial charge in [0.1, 0.15) is 11.0 Å². The number of anilines is 1. The van der Waals surface area contributed by atoms with Crippen LogP contribution in [0.5, 0.6) is 0 Å². The summed E-state index contributed by atoms with van der Waals surface area (Å²) in [6.45, 7) is 6.75. The van der Waals surface area contributed by atoms with Gasteiger partial charge in [0.15, 0.2) is 23.4 Å². The Morgan fingerprint density at radius 1 is 0.594 bits per heavy atom. The van der Waals surface area contributed by atoms with Gasteiger partial charge in [-0.3, -0.25) is 9.59 Å². The third-order valence-electron chi connectivity index (χ3n) is 9.08. The van der Waals surface area contributed by atoms with Crippen LogP contribution in [0.25, 0.3) is 56.6 Å². The Labute approximate surface area is 370 Å². The number of primary amides is 1. The molecule has 0 unspecified atom stereocenters. The molecule has 8 aromatic heterocycles. The van der Waals surface area contributed by atoms with Crippen LogP contribution in [0.4, 0.5) is 5.82 Å². The van der Waals surface area contributed by atoms with E-state index in [4.69, 9.17) is 26.2 Å². The molecule has 0 atom stereocenters. The average Bonchev–Trinajstić information content (AvgIpc) is 4.08. The van der Waals surface area contributed by atoms with Crippen molar-refractivity contribution in [2.75, 3.05) is 5.32 Å². The lowest BCUT2D eigenvalue weighted by Gasteiger charge is -2.03. The lowest BCUT2D eigenvalue weighted by atomic mass is 10.1. The van der Waals surface area contributed by atoms with Crippen LogP contribution in [0.15, 0.2) is 131 Å². The molecule has 3 N–H and O–H groups in total. The van der Waals surface area contributed by atoms with Crippen molar-refractivity contribution in [3.8, 4) is 45.0 Å². The number of fused-ring (bicyclic) bond motifs is 2. The number of aryl methyl sites for hydroxylation is 4. The molecule has 2 amide bonds. The molecule has 19 heteroatoms. The molecular formula is C45H39ClN14O4. The third kappa shape index (κ3) is 9.98. The van der Waals surface area contributed by atoms with Crippen LogP contribution < -0.4 is 11.1 Å². The molecule has 0 fully saturated rings. The number of hydrogen-bond donors (Lipinski definition) is 2. The molecule has 8 heterocycles. The zero-order valence-corrected chi connectivity index (χ0v) is 34.8. The number of nitrogens with zero attached hydrogens (tertiary/aromatic N) is 12. The highest BCUT2D eigenvalue weighted by Crippen LogP contribution is 2.23. The van der Waals surface area contributed by atoms with Crippen molar-refractivity contribution < 1.29 is 18.4 Å². The molecule has 0 aliphatic rings. The highest BCUT2D eigenvalue weighted by atomic mass is 35.5. The van der Waals surface area contributed by atoms with Crippen LogP contribution in [0.2, 0.25) is 5.15 Å². The number of hydrogen-bond acceptors (Lipinski definition) is 14. The van der Waals surface area contributed by atoms with Crippen molar-refractivity contribution in [2.45, 2.75) is 35.1 Å². The summed E-state index contributed by atoms with van der Waals surface area (Å²) in [5.74, 6) is 2.64. The predicted molar refractivity (Wildman–Crippen MR) is 239 cm³/mol. The SMILES string of the molecule is C.Cc1nc(C)c(C(=O)Nc2cc(-c3nc4ncc(-c5ccccc5)cn4n3)ccn2)o1.Cc1nc(C)c(C(N)=O)o1.Clc1cc(-c2nc3ncc(-c4ccccc4)cn3n2)ccn1. The number of pyridine rings is 2. The van der Waals surface area contributed by atoms with Gasteiger partial charge in [0.2, 0.25) is 11.5 Å². The number of aromatic nitrogens is 12. The van der Waals surface area contributed by atoms with Gasteiger partial charge in [-0.2, -0.15) is 9.97 Å². The third-order valence-corrected chi connectivity index (χ3v) is 9.29. The molecule has 2 aromatic carbocycles. The number of halogens is 1. The topological polar surface area (TPSA) is 236 Å². The maximum atomic E-state index is 12.5. The molecule has 18 nitrogen and oxygen atoms in total. The first-order valence-electron chi connectivity index (χ1n) is 19.1. The number of carbonyl (C=O) groups is 2. The Kier molecular flexibility index (Phi) is 13.0. The fourth-order valence-corrected chi connectivity index (χ4v) is 6.40. The molecule has 0 aliphatic carbocycles. The molecule has 0 saturated carbocycles. The summed E-state index contributed by atoms with van der Waals surface area (Å²) in [5.41, 5.74) is 11.6. The smallest absolute Gasteiger partial charge is 0.294 e. The Morgan fingerprint density at radius 2 is 1.08 bits per heavy atom. The van der Waals surface area contributed by atoms with E-state index in [1.165, 1.54) is 0 Å². The van der Waals surface area contributed by atoms with Gasteiger partial charge in [-0.05, 0) is 49.2 Å². The Balaban J connectivity index is 0.000000161. The van der Waals surface area contributed by atoms with Crippen LogP contribution in [0.3, 0.4) is 0 Å². The van der Waals surface area contributed by atoms with Crippen LogP contribution in [-0.2, 0) is 0 Å². The van der Waals surface area contributed by atoms with Crippen LogP contribution in [-0.4, -0.2) is 70.9 Å². The molecule has 0 aliphatic heterocycles. The van der Waals surface area contributed by atoms with Crippen molar-refractivity contribution in [3.05, 3.63) is 162 Å². The van der Waals surface area contributed by atoms with Gasteiger partial charge in [0.05, 0.1) is 11.4 Å². The minimum atomic E-state index is -0.571. The van der Waals surface area contributed by atoms with Crippen molar-refractivity contribution in [3.63, 3.8) is 0 Å². The number of carbonyl (C=O) groups excluding carboxylic acids is 2. The molecule has 10 rings (SSSR count). The molecule has 0 saturated heterocycles. The van der Waals surface area contributed by atoms with Crippen LogP contribution in [0, 0.1) is 27.7 Å². The first-order valence-corrected chi connectivity index (χ1v) is 19.5. The summed E-state index contributed by atoms with van der Waals surface area (Å²) in [6, 6.07) is 27.0. The molecule has 0 radical (unpaired) electrons. The van der Waals surface area contributed by atoms with Gasteiger partial charge in [0.25, 0.3) is 23.4 Å². The highest BCUT2D eigenvalue weighted by Gasteiger charge is 2.18. The summed E-state index contributed by atoms with van der Waals surface area (Å²) in [4.78, 5) is 56.8. The second-order valence-corrected chi connectivity index (χ2v) is 14.1. The normalized spacial score (nSPS) is 10.6. The van der Waals surface area contributed by atoms with Crippen molar-refractivity contribution >= 4 is 40.8 Å². The van der Waals surface area contributed by atoms with Gasteiger partial charge < -0.3 is 19.9 Å². The van der Waals surface area contributed by atoms with E-state index in [2.05, 4.69) is 55.4 Å². The van der Waals surface area contributed by atoms with Crippen molar-refractivity contribution in [1.82, 2.24) is 59.1 Å². The van der Waals surface area contributed by atoms with E-state index < -0.39 is 11.8 Å². The van der Waals surface area contributed by atoms with Crippen molar-refractivity contribution in [2.24, 2.45) is 5.73 Å². The number of nitrogens with one attached hydrogen (secondary N) is 1. The highest BCUT2D eigenvalue weighted by molar-refractivity contribution is 6.29.